The highest BCUT2D eigenvalue weighted by Gasteiger charge is 2.52. The number of aliphatic hydroxyl groups excluding tert-OH is 2. The van der Waals surface area contributed by atoms with Crippen LogP contribution >= 0.6 is 0 Å². The quantitative estimate of drug-likeness (QED) is 0.170. The third kappa shape index (κ3) is 12.9. The molecule has 20 nitrogen and oxygen atoms in total. The zero-order valence-corrected chi connectivity index (χ0v) is 45.9. The number of aliphatic hydroxyl groups is 4. The molecule has 1 aromatic carbocycles. The van der Waals surface area contributed by atoms with E-state index in [4.69, 9.17) is 33.2 Å². The van der Waals surface area contributed by atoms with Gasteiger partial charge in [0.15, 0.2) is 12.6 Å². The fourth-order valence-corrected chi connectivity index (χ4v) is 12.0. The van der Waals surface area contributed by atoms with E-state index in [1.54, 1.807) is 50.4 Å². The van der Waals surface area contributed by atoms with Gasteiger partial charge >= 0.3 is 12.1 Å². The van der Waals surface area contributed by atoms with E-state index in [2.05, 4.69) is 27.2 Å². The molecule has 414 valence electrons. The van der Waals surface area contributed by atoms with Crippen LogP contribution in [0.5, 0.6) is 0 Å². The summed E-state index contributed by atoms with van der Waals surface area (Å²) in [4.78, 5) is 37.8. The van der Waals surface area contributed by atoms with Crippen molar-refractivity contribution in [2.75, 3.05) is 45.7 Å². The van der Waals surface area contributed by atoms with E-state index in [0.717, 1.165) is 28.7 Å². The van der Waals surface area contributed by atoms with Crippen molar-refractivity contribution in [3.63, 3.8) is 0 Å². The van der Waals surface area contributed by atoms with Gasteiger partial charge in [0.25, 0.3) is 0 Å². The highest BCUT2D eigenvalue weighted by molar-refractivity contribution is 6.01. The topological polar surface area (TPSA) is 233 Å². The zero-order valence-electron chi connectivity index (χ0n) is 45.9. The Bertz CT molecular complexity index is 2330. The molecule has 4 N–H and O–H groups in total. The van der Waals surface area contributed by atoms with Gasteiger partial charge in [-0.2, -0.15) is 0 Å². The van der Waals surface area contributed by atoms with Crippen molar-refractivity contribution in [2.45, 2.75) is 205 Å². The molecule has 0 aliphatic carbocycles. The van der Waals surface area contributed by atoms with Crippen LogP contribution in [0, 0.1) is 17.8 Å². The van der Waals surface area contributed by atoms with Gasteiger partial charge in [-0.15, -0.1) is 5.10 Å². The first-order valence-electron chi connectivity index (χ1n) is 26.6. The Morgan fingerprint density at radius 1 is 0.905 bits per heavy atom. The summed E-state index contributed by atoms with van der Waals surface area (Å²) < 4.78 is 46.2. The molecule has 0 radical (unpaired) electrons. The van der Waals surface area contributed by atoms with Gasteiger partial charge in [0, 0.05) is 75.2 Å². The lowest BCUT2D eigenvalue weighted by molar-refractivity contribution is -0.308. The summed E-state index contributed by atoms with van der Waals surface area (Å²) in [5.41, 5.74) is -2.04. The first kappa shape index (κ1) is 57.8. The number of cyclic esters (lactones) is 2. The standard InChI is InChI=1S/C54H85N7O13/c1-14-43-54(10,67)47(62)35(6)59(12)27-31(2)25-52(8,66)49(33(4)46(34(5)50(64)72-43)73-45-26-53(9,68-13)48(63)36(7)70-45)74-44-24-38(23-32(3)69-44)58(11)22-20-37-28-60(57-56-37)29-39-30-61(51(65)71-39)42-19-15-18-41-40(42)17-16-21-55-41/h15-19,21,28,31-36,38-39,43-49,62-63,66-67H,14,20,22-27,29-30H2,1-13H3/t31-,32-,33+,34-,35-,36+,38+,39?,43-,44?,45-,46+,47-,48+,49-,52-,53-,54-/m1/s1. The summed E-state index contributed by atoms with van der Waals surface area (Å²) in [6.45, 7) is 19.8. The number of benzene rings is 1. The van der Waals surface area contributed by atoms with Crippen molar-refractivity contribution < 1.29 is 63.2 Å². The van der Waals surface area contributed by atoms with Crippen molar-refractivity contribution >= 4 is 28.7 Å². The number of rotatable bonds is 13. The average Bonchev–Trinajstić information content (AvgIpc) is 3.97. The summed E-state index contributed by atoms with van der Waals surface area (Å²) in [5.74, 6) is -2.53. The number of amides is 1. The first-order chi connectivity index (χ1) is 34.8. The lowest BCUT2D eigenvalue weighted by Gasteiger charge is -2.48. The van der Waals surface area contributed by atoms with E-state index in [1.807, 2.05) is 76.2 Å². The minimum atomic E-state index is -1.82. The van der Waals surface area contributed by atoms with Crippen LogP contribution in [-0.2, 0) is 50.9 Å². The van der Waals surface area contributed by atoms with Crippen LogP contribution in [0.2, 0.25) is 0 Å². The maximum absolute atomic E-state index is 14.5. The summed E-state index contributed by atoms with van der Waals surface area (Å²) in [6.07, 6.45) is -2.70. The number of ether oxygens (including phenoxy) is 7. The number of aromatic nitrogens is 4. The Hall–Kier alpha value is -3.93. The van der Waals surface area contributed by atoms with Crippen LogP contribution in [0.3, 0.4) is 0 Å². The lowest BCUT2D eigenvalue weighted by atomic mass is 9.77. The number of nitrogens with zero attached hydrogens (tertiary/aromatic N) is 7. The second-order valence-corrected chi connectivity index (χ2v) is 22.7. The van der Waals surface area contributed by atoms with Gasteiger partial charge in [-0.3, -0.25) is 14.7 Å². The van der Waals surface area contributed by atoms with Crippen molar-refractivity contribution in [1.82, 2.24) is 29.8 Å². The number of esters is 1. The number of carbonyl (C=O) groups is 2. The molecule has 0 spiro atoms. The normalized spacial score (nSPS) is 39.4. The molecule has 2 aromatic heterocycles. The molecule has 4 aliphatic rings. The zero-order chi connectivity index (χ0) is 54.0. The minimum absolute atomic E-state index is 0.0185. The molecular formula is C54H85N7O13. The van der Waals surface area contributed by atoms with E-state index >= 15 is 0 Å². The molecule has 6 heterocycles. The van der Waals surface area contributed by atoms with Crippen LogP contribution in [0.25, 0.3) is 10.9 Å². The predicted molar refractivity (Wildman–Crippen MR) is 275 cm³/mol. The van der Waals surface area contributed by atoms with Crippen LogP contribution in [0.15, 0.2) is 42.7 Å². The number of hydrogen-bond acceptors (Lipinski definition) is 18. The highest BCUT2D eigenvalue weighted by Crippen LogP contribution is 2.40. The Morgan fingerprint density at radius 2 is 1.65 bits per heavy atom. The number of anilines is 1. The number of hydrogen-bond donors (Lipinski definition) is 4. The molecule has 0 saturated carbocycles. The van der Waals surface area contributed by atoms with E-state index < -0.39 is 102 Å². The summed E-state index contributed by atoms with van der Waals surface area (Å²) in [7, 11) is 5.45. The van der Waals surface area contributed by atoms with Gasteiger partial charge in [0.05, 0.1) is 71.5 Å². The smallest absolute Gasteiger partial charge is 0.414 e. The maximum Gasteiger partial charge on any atom is 0.414 e. The molecule has 1 amide bonds. The van der Waals surface area contributed by atoms with E-state index in [-0.39, 0.29) is 37.3 Å². The molecule has 4 aliphatic heterocycles. The number of fused-ring (bicyclic) bond motifs is 1. The monoisotopic (exact) mass is 1040 g/mol. The van der Waals surface area contributed by atoms with Gasteiger partial charge in [0.2, 0.25) is 0 Å². The van der Waals surface area contributed by atoms with Crippen LogP contribution < -0.4 is 4.90 Å². The van der Waals surface area contributed by atoms with Crippen molar-refractivity contribution in [2.24, 2.45) is 17.8 Å². The van der Waals surface area contributed by atoms with Crippen molar-refractivity contribution in [1.29, 1.82) is 0 Å². The second-order valence-electron chi connectivity index (χ2n) is 22.7. The fraction of sp³-hybridized carbons (Fsp3) is 0.759. The molecule has 7 rings (SSSR count). The fourth-order valence-electron chi connectivity index (χ4n) is 12.0. The molecule has 20 heteroatoms. The third-order valence-electron chi connectivity index (χ3n) is 16.5. The molecule has 4 saturated heterocycles. The predicted octanol–water partition coefficient (Wildman–Crippen LogP) is 4.71. The Kier molecular flexibility index (Phi) is 18.5. The number of pyridine rings is 1. The van der Waals surface area contributed by atoms with Gasteiger partial charge in [0.1, 0.15) is 30.0 Å². The Morgan fingerprint density at radius 3 is 2.36 bits per heavy atom. The summed E-state index contributed by atoms with van der Waals surface area (Å²) >= 11 is 0. The number of carbonyl (C=O) groups excluding carboxylic acids is 2. The molecule has 74 heavy (non-hydrogen) atoms. The van der Waals surface area contributed by atoms with Gasteiger partial charge in [-0.25, -0.2) is 9.48 Å². The van der Waals surface area contributed by atoms with E-state index in [1.165, 1.54) is 14.0 Å². The Labute approximate surface area is 436 Å². The van der Waals surface area contributed by atoms with Crippen LogP contribution in [-0.4, -0.2) is 193 Å². The van der Waals surface area contributed by atoms with Crippen LogP contribution in [0.4, 0.5) is 10.5 Å². The van der Waals surface area contributed by atoms with Crippen molar-refractivity contribution in [3.05, 3.63) is 48.4 Å². The summed E-state index contributed by atoms with van der Waals surface area (Å²) in [6, 6.07) is 8.96. The molecule has 4 fully saturated rings. The Balaban J connectivity index is 1.08. The molecule has 0 bridgehead atoms. The molecule has 2 unspecified atom stereocenters. The highest BCUT2D eigenvalue weighted by atomic mass is 16.7. The van der Waals surface area contributed by atoms with Gasteiger partial charge in [-0.05, 0) is 112 Å². The summed E-state index contributed by atoms with van der Waals surface area (Å²) in [5, 5.41) is 57.3. The maximum atomic E-state index is 14.5. The molecular weight excluding hydrogens is 955 g/mol. The third-order valence-corrected chi connectivity index (χ3v) is 16.5. The van der Waals surface area contributed by atoms with E-state index in [0.29, 0.717) is 39.0 Å². The minimum Gasteiger partial charge on any atom is -0.459 e. The SMILES string of the molecule is CC[C@H]1OC(=O)[C@H](C)[C@@H](O[C@@H]2C[C@@](C)(OC)[C@@H](O)[C@H](C)O2)[C@H](C)[C@@H](OC2C[C@@H](N(C)CCc3cn(CC4CN(c5cccc6ncccc56)C(=O)O4)nn3)C[C@@H](C)O2)[C@](C)(O)C[C@@H](C)CN(C)[C@H](C)[C@@H](O)[C@]1(C)O. The average molecular weight is 1040 g/mol. The first-order valence-corrected chi connectivity index (χ1v) is 26.6. The largest absolute Gasteiger partial charge is 0.459 e. The van der Waals surface area contributed by atoms with Crippen molar-refractivity contribution in [3.8, 4) is 0 Å². The number of likely N-dealkylation sites (N-methyl/N-ethyl adjacent to an activating group) is 2. The lowest BCUT2D eigenvalue weighted by Crippen LogP contribution is -2.59. The van der Waals surface area contributed by atoms with Gasteiger partial charge < -0.3 is 63.4 Å². The van der Waals surface area contributed by atoms with Crippen LogP contribution in [0.1, 0.15) is 107 Å². The molecule has 18 atom stereocenters. The van der Waals surface area contributed by atoms with Gasteiger partial charge in [-0.1, -0.05) is 32.1 Å². The second kappa shape index (κ2) is 23.8. The molecule has 3 aromatic rings. The van der Waals surface area contributed by atoms with E-state index in [9.17, 15) is 30.0 Å². The number of methoxy groups -OCH3 is 1.